The molecule has 1 fully saturated rings. The number of rotatable bonds is 4. The molecule has 1 amide bonds. The summed E-state index contributed by atoms with van der Waals surface area (Å²) in [6.07, 6.45) is 1.63. The molecule has 0 spiro atoms. The predicted molar refractivity (Wildman–Crippen MR) is 81.7 cm³/mol. The standard InChI is InChI=1S/C15H22ClN3O/c1-2-5-13(17)15(20)19-9-8-18-10-14(19)11-6-3-4-7-12(11)16/h3-4,6-7,13-14,18H,2,5,8-10,17H2,1H3. The van der Waals surface area contributed by atoms with Gasteiger partial charge in [0.25, 0.3) is 0 Å². The summed E-state index contributed by atoms with van der Waals surface area (Å²) in [5.41, 5.74) is 6.98. The van der Waals surface area contributed by atoms with Crippen molar-refractivity contribution in [2.75, 3.05) is 19.6 Å². The van der Waals surface area contributed by atoms with Gasteiger partial charge in [0.1, 0.15) is 0 Å². The zero-order valence-corrected chi connectivity index (χ0v) is 12.6. The van der Waals surface area contributed by atoms with E-state index in [-0.39, 0.29) is 11.9 Å². The molecule has 0 bridgehead atoms. The Labute approximate surface area is 125 Å². The Bertz CT molecular complexity index is 466. The topological polar surface area (TPSA) is 58.4 Å². The second-order valence-electron chi connectivity index (χ2n) is 5.17. The van der Waals surface area contributed by atoms with Crippen LogP contribution >= 0.6 is 11.6 Å². The normalized spacial score (nSPS) is 20.8. The summed E-state index contributed by atoms with van der Waals surface area (Å²) in [6, 6.07) is 7.24. The average Bonchev–Trinajstić information content (AvgIpc) is 2.47. The van der Waals surface area contributed by atoms with E-state index < -0.39 is 6.04 Å². The van der Waals surface area contributed by atoms with E-state index in [1.165, 1.54) is 0 Å². The molecule has 0 saturated carbocycles. The highest BCUT2D eigenvalue weighted by Gasteiger charge is 2.31. The van der Waals surface area contributed by atoms with Crippen molar-refractivity contribution in [3.63, 3.8) is 0 Å². The number of carbonyl (C=O) groups is 1. The Morgan fingerprint density at radius 2 is 2.30 bits per heavy atom. The third kappa shape index (κ3) is 3.32. The fourth-order valence-corrected chi connectivity index (χ4v) is 2.90. The van der Waals surface area contributed by atoms with Crippen molar-refractivity contribution in [1.82, 2.24) is 10.2 Å². The highest BCUT2D eigenvalue weighted by atomic mass is 35.5. The van der Waals surface area contributed by atoms with Crippen LogP contribution in [0.5, 0.6) is 0 Å². The molecular formula is C15H22ClN3O. The van der Waals surface area contributed by atoms with Crippen molar-refractivity contribution < 1.29 is 4.79 Å². The lowest BCUT2D eigenvalue weighted by molar-refractivity contribution is -0.136. The molecule has 0 aromatic heterocycles. The van der Waals surface area contributed by atoms with Crippen LogP contribution in [-0.2, 0) is 4.79 Å². The Morgan fingerprint density at radius 3 is 3.00 bits per heavy atom. The van der Waals surface area contributed by atoms with E-state index in [1.54, 1.807) is 0 Å². The van der Waals surface area contributed by atoms with E-state index in [1.807, 2.05) is 36.1 Å². The first-order valence-corrected chi connectivity index (χ1v) is 7.54. The molecule has 1 heterocycles. The first kappa shape index (κ1) is 15.3. The van der Waals surface area contributed by atoms with E-state index in [9.17, 15) is 4.79 Å². The third-order valence-electron chi connectivity index (χ3n) is 3.71. The lowest BCUT2D eigenvalue weighted by atomic mass is 10.0. The Kier molecular flexibility index (Phi) is 5.40. The van der Waals surface area contributed by atoms with Gasteiger partial charge in [-0.1, -0.05) is 43.1 Å². The van der Waals surface area contributed by atoms with Crippen LogP contribution in [0.25, 0.3) is 0 Å². The number of nitrogens with two attached hydrogens (primary N) is 1. The maximum atomic E-state index is 12.5. The summed E-state index contributed by atoms with van der Waals surface area (Å²) in [5, 5.41) is 4.02. The fraction of sp³-hybridized carbons (Fsp3) is 0.533. The lowest BCUT2D eigenvalue weighted by Crippen LogP contribution is -2.53. The first-order valence-electron chi connectivity index (χ1n) is 7.16. The van der Waals surface area contributed by atoms with Gasteiger partial charge in [0.2, 0.25) is 5.91 Å². The van der Waals surface area contributed by atoms with Crippen LogP contribution < -0.4 is 11.1 Å². The molecule has 5 heteroatoms. The Morgan fingerprint density at radius 1 is 1.55 bits per heavy atom. The van der Waals surface area contributed by atoms with Gasteiger partial charge in [0.15, 0.2) is 0 Å². The smallest absolute Gasteiger partial charge is 0.240 e. The SMILES string of the molecule is CCCC(N)C(=O)N1CCNCC1c1ccccc1Cl. The van der Waals surface area contributed by atoms with Gasteiger partial charge in [-0.2, -0.15) is 0 Å². The largest absolute Gasteiger partial charge is 0.332 e. The number of piperazine rings is 1. The monoisotopic (exact) mass is 295 g/mol. The molecule has 1 aliphatic rings. The maximum Gasteiger partial charge on any atom is 0.240 e. The van der Waals surface area contributed by atoms with Crippen LogP contribution in [0.2, 0.25) is 5.02 Å². The van der Waals surface area contributed by atoms with Crippen molar-refractivity contribution in [3.05, 3.63) is 34.9 Å². The molecule has 0 aliphatic carbocycles. The maximum absolute atomic E-state index is 12.5. The quantitative estimate of drug-likeness (QED) is 0.892. The van der Waals surface area contributed by atoms with Gasteiger partial charge in [-0.25, -0.2) is 0 Å². The van der Waals surface area contributed by atoms with Crippen LogP contribution in [0.15, 0.2) is 24.3 Å². The van der Waals surface area contributed by atoms with Crippen LogP contribution in [0.1, 0.15) is 31.4 Å². The molecule has 1 aliphatic heterocycles. The van der Waals surface area contributed by atoms with E-state index in [4.69, 9.17) is 17.3 Å². The molecule has 110 valence electrons. The molecule has 4 nitrogen and oxygen atoms in total. The summed E-state index contributed by atoms with van der Waals surface area (Å²) in [7, 11) is 0. The minimum Gasteiger partial charge on any atom is -0.332 e. The second-order valence-corrected chi connectivity index (χ2v) is 5.58. The zero-order valence-electron chi connectivity index (χ0n) is 11.8. The Hall–Kier alpha value is -1.10. The fourth-order valence-electron chi connectivity index (χ4n) is 2.64. The molecule has 1 saturated heterocycles. The van der Waals surface area contributed by atoms with Crippen LogP contribution in [0, 0.1) is 0 Å². The molecule has 1 aromatic rings. The van der Waals surface area contributed by atoms with E-state index in [2.05, 4.69) is 5.32 Å². The number of amides is 1. The van der Waals surface area contributed by atoms with Gasteiger partial charge in [-0.3, -0.25) is 4.79 Å². The molecule has 3 N–H and O–H groups in total. The van der Waals surface area contributed by atoms with E-state index in [0.717, 1.165) is 24.9 Å². The lowest BCUT2D eigenvalue weighted by Gasteiger charge is -2.38. The summed E-state index contributed by atoms with van der Waals surface area (Å²) < 4.78 is 0. The van der Waals surface area contributed by atoms with Crippen molar-refractivity contribution >= 4 is 17.5 Å². The van der Waals surface area contributed by atoms with Crippen LogP contribution in [0.4, 0.5) is 0 Å². The van der Waals surface area contributed by atoms with Gasteiger partial charge in [-0.05, 0) is 18.1 Å². The van der Waals surface area contributed by atoms with Crippen LogP contribution in [0.3, 0.4) is 0 Å². The van der Waals surface area contributed by atoms with E-state index >= 15 is 0 Å². The molecular weight excluding hydrogens is 274 g/mol. The number of nitrogens with one attached hydrogen (secondary N) is 1. The van der Waals surface area contributed by atoms with Crippen molar-refractivity contribution in [1.29, 1.82) is 0 Å². The summed E-state index contributed by atoms with van der Waals surface area (Å²) in [4.78, 5) is 14.4. The second kappa shape index (κ2) is 7.07. The highest BCUT2D eigenvalue weighted by Crippen LogP contribution is 2.28. The van der Waals surface area contributed by atoms with Gasteiger partial charge in [-0.15, -0.1) is 0 Å². The van der Waals surface area contributed by atoms with Crippen molar-refractivity contribution in [3.8, 4) is 0 Å². The van der Waals surface area contributed by atoms with E-state index in [0.29, 0.717) is 18.1 Å². The number of hydrogen-bond acceptors (Lipinski definition) is 3. The zero-order chi connectivity index (χ0) is 14.5. The summed E-state index contributed by atoms with van der Waals surface area (Å²) in [6.45, 7) is 4.22. The molecule has 2 atom stereocenters. The van der Waals surface area contributed by atoms with Gasteiger partial charge >= 0.3 is 0 Å². The number of benzene rings is 1. The molecule has 20 heavy (non-hydrogen) atoms. The Balaban J connectivity index is 2.21. The van der Waals surface area contributed by atoms with Crippen molar-refractivity contribution in [2.24, 2.45) is 5.73 Å². The molecule has 2 unspecified atom stereocenters. The number of nitrogens with zero attached hydrogens (tertiary/aromatic N) is 1. The minimum absolute atomic E-state index is 0.0262. The third-order valence-corrected chi connectivity index (χ3v) is 4.05. The van der Waals surface area contributed by atoms with Gasteiger partial charge in [0, 0.05) is 24.7 Å². The van der Waals surface area contributed by atoms with Crippen LogP contribution in [-0.4, -0.2) is 36.5 Å². The predicted octanol–water partition coefficient (Wildman–Crippen LogP) is 1.94. The minimum atomic E-state index is -0.414. The summed E-state index contributed by atoms with van der Waals surface area (Å²) >= 11 is 6.27. The number of hydrogen-bond donors (Lipinski definition) is 2. The summed E-state index contributed by atoms with van der Waals surface area (Å²) in [5.74, 6) is 0.0262. The highest BCUT2D eigenvalue weighted by molar-refractivity contribution is 6.31. The first-order chi connectivity index (χ1) is 9.65. The number of carbonyl (C=O) groups excluding carboxylic acids is 1. The molecule has 2 rings (SSSR count). The van der Waals surface area contributed by atoms with Crippen molar-refractivity contribution in [2.45, 2.75) is 31.8 Å². The molecule has 0 radical (unpaired) electrons. The number of halogens is 1. The molecule has 1 aromatic carbocycles. The van der Waals surface area contributed by atoms with Gasteiger partial charge in [0.05, 0.1) is 12.1 Å². The average molecular weight is 296 g/mol. The van der Waals surface area contributed by atoms with Gasteiger partial charge < -0.3 is 16.0 Å².